The first-order chi connectivity index (χ1) is 6.75. The molecule has 0 aromatic heterocycles. The van der Waals surface area contributed by atoms with Gasteiger partial charge in [0.25, 0.3) is 0 Å². The van der Waals surface area contributed by atoms with E-state index in [1.807, 2.05) is 0 Å². The van der Waals surface area contributed by atoms with E-state index in [1.165, 1.54) is 12.8 Å². The third-order valence-electron chi connectivity index (χ3n) is 2.82. The van der Waals surface area contributed by atoms with Crippen LogP contribution in [0, 0.1) is 5.92 Å². The average molecular weight is 200 g/mol. The van der Waals surface area contributed by atoms with Crippen molar-refractivity contribution in [3.63, 3.8) is 0 Å². The first-order valence-electron chi connectivity index (χ1n) is 5.60. The number of esters is 1. The zero-order chi connectivity index (χ0) is 10.4. The molecule has 1 saturated carbocycles. The molecule has 0 radical (unpaired) electrons. The van der Waals surface area contributed by atoms with Crippen molar-refractivity contribution < 1.29 is 14.6 Å². The smallest absolute Gasteiger partial charge is 0.311 e. The Bertz CT molecular complexity index is 179. The second-order valence-corrected chi connectivity index (χ2v) is 3.92. The maximum absolute atomic E-state index is 11.5. The molecule has 1 N–H and O–H groups in total. The summed E-state index contributed by atoms with van der Waals surface area (Å²) in [6, 6.07) is 0. The SMILES string of the molecule is CCOC(=O)[C@@H]1CCCCCC[C@H]1O. The summed E-state index contributed by atoms with van der Waals surface area (Å²) in [6.07, 6.45) is 5.42. The van der Waals surface area contributed by atoms with E-state index in [1.54, 1.807) is 6.92 Å². The second-order valence-electron chi connectivity index (χ2n) is 3.92. The molecule has 0 spiro atoms. The van der Waals surface area contributed by atoms with Crippen molar-refractivity contribution in [3.8, 4) is 0 Å². The van der Waals surface area contributed by atoms with E-state index in [-0.39, 0.29) is 11.9 Å². The van der Waals surface area contributed by atoms with Crippen molar-refractivity contribution in [1.29, 1.82) is 0 Å². The van der Waals surface area contributed by atoms with Crippen LogP contribution in [0.3, 0.4) is 0 Å². The molecule has 1 fully saturated rings. The van der Waals surface area contributed by atoms with Crippen LogP contribution < -0.4 is 0 Å². The summed E-state index contributed by atoms with van der Waals surface area (Å²) in [7, 11) is 0. The quantitative estimate of drug-likeness (QED) is 0.692. The molecule has 0 amide bonds. The summed E-state index contributed by atoms with van der Waals surface area (Å²) < 4.78 is 4.95. The molecule has 3 heteroatoms. The summed E-state index contributed by atoms with van der Waals surface area (Å²) in [5, 5.41) is 9.77. The lowest BCUT2D eigenvalue weighted by Crippen LogP contribution is -2.30. The number of hydrogen-bond donors (Lipinski definition) is 1. The molecule has 0 saturated heterocycles. The molecular weight excluding hydrogens is 180 g/mol. The molecule has 0 heterocycles. The number of rotatable bonds is 2. The number of hydrogen-bond acceptors (Lipinski definition) is 3. The molecule has 1 aliphatic carbocycles. The lowest BCUT2D eigenvalue weighted by Gasteiger charge is -2.23. The standard InChI is InChI=1S/C11H20O3/c1-2-14-11(13)9-7-5-3-4-6-8-10(9)12/h9-10,12H,2-8H2,1H3/t9-,10-/m1/s1. The van der Waals surface area contributed by atoms with E-state index in [4.69, 9.17) is 4.74 Å². The van der Waals surface area contributed by atoms with Crippen LogP contribution >= 0.6 is 0 Å². The average Bonchev–Trinajstić information content (AvgIpc) is 2.12. The Kier molecular flexibility index (Phi) is 4.94. The Morgan fingerprint density at radius 1 is 1.29 bits per heavy atom. The van der Waals surface area contributed by atoms with Gasteiger partial charge in [0.15, 0.2) is 0 Å². The van der Waals surface area contributed by atoms with E-state index in [0.717, 1.165) is 25.7 Å². The molecule has 0 aromatic carbocycles. The molecule has 0 bridgehead atoms. The third-order valence-corrected chi connectivity index (χ3v) is 2.82. The summed E-state index contributed by atoms with van der Waals surface area (Å²) >= 11 is 0. The minimum Gasteiger partial charge on any atom is -0.466 e. The summed E-state index contributed by atoms with van der Waals surface area (Å²) in [4.78, 5) is 11.5. The second kappa shape index (κ2) is 6.02. The van der Waals surface area contributed by atoms with Gasteiger partial charge in [-0.2, -0.15) is 0 Å². The van der Waals surface area contributed by atoms with E-state index in [0.29, 0.717) is 6.61 Å². The number of ether oxygens (including phenoxy) is 1. The number of aliphatic hydroxyl groups is 1. The van der Waals surface area contributed by atoms with Gasteiger partial charge in [0.05, 0.1) is 18.6 Å². The number of carbonyl (C=O) groups is 1. The molecule has 3 nitrogen and oxygen atoms in total. The topological polar surface area (TPSA) is 46.5 Å². The van der Waals surface area contributed by atoms with Gasteiger partial charge >= 0.3 is 5.97 Å². The Morgan fingerprint density at radius 2 is 1.93 bits per heavy atom. The van der Waals surface area contributed by atoms with Crippen LogP contribution in [0.2, 0.25) is 0 Å². The van der Waals surface area contributed by atoms with Gasteiger partial charge in [-0.15, -0.1) is 0 Å². The fourth-order valence-corrected chi connectivity index (χ4v) is 1.99. The van der Waals surface area contributed by atoms with Crippen molar-refractivity contribution in [1.82, 2.24) is 0 Å². The van der Waals surface area contributed by atoms with Gasteiger partial charge < -0.3 is 9.84 Å². The Balaban J connectivity index is 2.48. The van der Waals surface area contributed by atoms with Crippen LogP contribution in [0.5, 0.6) is 0 Å². The Hall–Kier alpha value is -0.570. The van der Waals surface area contributed by atoms with Crippen molar-refractivity contribution in [2.24, 2.45) is 5.92 Å². The number of aliphatic hydroxyl groups excluding tert-OH is 1. The van der Waals surface area contributed by atoms with Gasteiger partial charge in [0.1, 0.15) is 0 Å². The number of carbonyl (C=O) groups excluding carboxylic acids is 1. The van der Waals surface area contributed by atoms with Crippen molar-refractivity contribution in [3.05, 3.63) is 0 Å². The van der Waals surface area contributed by atoms with Crippen LogP contribution in [-0.2, 0) is 9.53 Å². The molecule has 82 valence electrons. The van der Waals surface area contributed by atoms with Gasteiger partial charge in [0.2, 0.25) is 0 Å². The van der Waals surface area contributed by atoms with Gasteiger partial charge in [-0.3, -0.25) is 4.79 Å². The van der Waals surface area contributed by atoms with Gasteiger partial charge in [-0.1, -0.05) is 25.7 Å². The molecule has 14 heavy (non-hydrogen) atoms. The van der Waals surface area contributed by atoms with E-state index in [2.05, 4.69) is 0 Å². The largest absolute Gasteiger partial charge is 0.466 e. The van der Waals surface area contributed by atoms with Gasteiger partial charge in [-0.25, -0.2) is 0 Å². The maximum atomic E-state index is 11.5. The van der Waals surface area contributed by atoms with Gasteiger partial charge in [-0.05, 0) is 19.8 Å². The normalized spacial score (nSPS) is 29.0. The lowest BCUT2D eigenvalue weighted by molar-refractivity contribution is -0.152. The van der Waals surface area contributed by atoms with Crippen molar-refractivity contribution >= 4 is 5.97 Å². The molecule has 1 aliphatic rings. The highest BCUT2D eigenvalue weighted by Gasteiger charge is 2.28. The lowest BCUT2D eigenvalue weighted by atomic mass is 9.89. The minimum atomic E-state index is -0.491. The summed E-state index contributed by atoms with van der Waals surface area (Å²) in [6.45, 7) is 2.20. The Morgan fingerprint density at radius 3 is 2.57 bits per heavy atom. The summed E-state index contributed by atoms with van der Waals surface area (Å²) in [5.41, 5.74) is 0. The molecule has 0 unspecified atom stereocenters. The van der Waals surface area contributed by atoms with Crippen molar-refractivity contribution in [2.45, 2.75) is 51.6 Å². The molecule has 0 aliphatic heterocycles. The predicted octanol–water partition coefficient (Wildman–Crippen LogP) is 1.88. The Labute approximate surface area is 85.5 Å². The van der Waals surface area contributed by atoms with Crippen LogP contribution in [0.25, 0.3) is 0 Å². The summed E-state index contributed by atoms with van der Waals surface area (Å²) in [5.74, 6) is -0.503. The van der Waals surface area contributed by atoms with Crippen LogP contribution in [0.1, 0.15) is 45.4 Å². The van der Waals surface area contributed by atoms with E-state index >= 15 is 0 Å². The van der Waals surface area contributed by atoms with Gasteiger partial charge in [0, 0.05) is 0 Å². The molecule has 0 aromatic rings. The zero-order valence-corrected chi connectivity index (χ0v) is 8.87. The van der Waals surface area contributed by atoms with Crippen LogP contribution in [-0.4, -0.2) is 23.8 Å². The first-order valence-corrected chi connectivity index (χ1v) is 5.60. The highest BCUT2D eigenvalue weighted by atomic mass is 16.5. The third kappa shape index (κ3) is 3.29. The highest BCUT2D eigenvalue weighted by molar-refractivity contribution is 5.73. The zero-order valence-electron chi connectivity index (χ0n) is 8.87. The predicted molar refractivity (Wildman–Crippen MR) is 53.8 cm³/mol. The van der Waals surface area contributed by atoms with E-state index < -0.39 is 6.10 Å². The van der Waals surface area contributed by atoms with Crippen LogP contribution in [0.4, 0.5) is 0 Å². The highest BCUT2D eigenvalue weighted by Crippen LogP contribution is 2.23. The minimum absolute atomic E-state index is 0.220. The van der Waals surface area contributed by atoms with E-state index in [9.17, 15) is 9.90 Å². The molecular formula is C11H20O3. The first kappa shape index (κ1) is 11.5. The van der Waals surface area contributed by atoms with Crippen LogP contribution in [0.15, 0.2) is 0 Å². The molecule has 2 atom stereocenters. The maximum Gasteiger partial charge on any atom is 0.311 e. The molecule has 1 rings (SSSR count). The monoisotopic (exact) mass is 200 g/mol. The fraction of sp³-hybridized carbons (Fsp3) is 0.909. The van der Waals surface area contributed by atoms with Crippen molar-refractivity contribution in [2.75, 3.05) is 6.61 Å². The fourth-order valence-electron chi connectivity index (χ4n) is 1.99.